The van der Waals surface area contributed by atoms with Gasteiger partial charge in [0.2, 0.25) is 0 Å². The molecule has 0 aliphatic heterocycles. The lowest BCUT2D eigenvalue weighted by Gasteiger charge is -2.37. The summed E-state index contributed by atoms with van der Waals surface area (Å²) in [7, 11) is 0. The fourth-order valence-corrected chi connectivity index (χ4v) is 2.78. The smallest absolute Gasteiger partial charge is 0.194 e. The van der Waals surface area contributed by atoms with Gasteiger partial charge in [-0.25, -0.2) is 13.2 Å². The van der Waals surface area contributed by atoms with Crippen molar-refractivity contribution in [1.82, 2.24) is 0 Å². The summed E-state index contributed by atoms with van der Waals surface area (Å²) in [4.78, 5) is 0. The molecule has 0 spiro atoms. The number of nitriles is 1. The molecule has 2 nitrogen and oxygen atoms in total. The Morgan fingerprint density at radius 2 is 1.75 bits per heavy atom. The molecule has 5 heteroatoms. The van der Waals surface area contributed by atoms with Crippen molar-refractivity contribution in [3.05, 3.63) is 35.1 Å². The molecule has 1 saturated carbocycles. The molecule has 0 heterocycles. The predicted molar refractivity (Wildman–Crippen MR) is 67.0 cm³/mol. The minimum absolute atomic E-state index is 0.0856. The molecule has 0 saturated heterocycles. The molecule has 0 bridgehead atoms. The first-order chi connectivity index (χ1) is 9.39. The van der Waals surface area contributed by atoms with Crippen LogP contribution in [0.5, 0.6) is 0 Å². The van der Waals surface area contributed by atoms with Crippen molar-refractivity contribution in [1.29, 1.82) is 5.26 Å². The third kappa shape index (κ3) is 2.53. The van der Waals surface area contributed by atoms with Gasteiger partial charge in [0.1, 0.15) is 0 Å². The standard InChI is InChI=1S/C15H16F3NO/c1-9-2-4-15(8-19,5-3-9)14(20)10-6-11(16)13(18)12(17)7-10/h6-7,9,14,20H,2-5H2,1H3. The van der Waals surface area contributed by atoms with Gasteiger partial charge in [0.15, 0.2) is 17.5 Å². The van der Waals surface area contributed by atoms with Gasteiger partial charge in [0.05, 0.1) is 17.6 Å². The Kier molecular flexibility index (Phi) is 4.05. The normalized spacial score (nSPS) is 27.9. The Labute approximate surface area is 115 Å². The molecule has 108 valence electrons. The molecule has 1 N–H and O–H groups in total. The quantitative estimate of drug-likeness (QED) is 0.838. The Hall–Kier alpha value is -1.54. The summed E-state index contributed by atoms with van der Waals surface area (Å²) in [5, 5.41) is 19.7. The summed E-state index contributed by atoms with van der Waals surface area (Å²) < 4.78 is 39.4. The first-order valence-electron chi connectivity index (χ1n) is 6.63. The van der Waals surface area contributed by atoms with Crippen LogP contribution in [0.3, 0.4) is 0 Å². The van der Waals surface area contributed by atoms with Crippen LogP contribution in [0.2, 0.25) is 0 Å². The third-order valence-corrected chi connectivity index (χ3v) is 4.23. The van der Waals surface area contributed by atoms with Crippen LogP contribution in [0, 0.1) is 40.1 Å². The van der Waals surface area contributed by atoms with Crippen molar-refractivity contribution < 1.29 is 18.3 Å². The molecule has 1 atom stereocenters. The van der Waals surface area contributed by atoms with E-state index >= 15 is 0 Å². The highest BCUT2D eigenvalue weighted by Gasteiger charge is 2.42. The van der Waals surface area contributed by atoms with Crippen LogP contribution in [0.4, 0.5) is 13.2 Å². The maximum absolute atomic E-state index is 13.2. The van der Waals surface area contributed by atoms with Crippen molar-refractivity contribution in [2.75, 3.05) is 0 Å². The summed E-state index contributed by atoms with van der Waals surface area (Å²) in [6, 6.07) is 3.63. The number of halogens is 3. The maximum Gasteiger partial charge on any atom is 0.194 e. The lowest BCUT2D eigenvalue weighted by molar-refractivity contribution is 0.0261. The Morgan fingerprint density at radius 1 is 1.25 bits per heavy atom. The van der Waals surface area contributed by atoms with E-state index < -0.39 is 29.0 Å². The van der Waals surface area contributed by atoms with E-state index in [4.69, 9.17) is 0 Å². The van der Waals surface area contributed by atoms with Gasteiger partial charge in [-0.1, -0.05) is 6.92 Å². The minimum atomic E-state index is -1.57. The van der Waals surface area contributed by atoms with E-state index in [-0.39, 0.29) is 5.56 Å². The number of benzene rings is 1. The van der Waals surface area contributed by atoms with E-state index in [2.05, 4.69) is 13.0 Å². The van der Waals surface area contributed by atoms with Crippen molar-refractivity contribution in [3.8, 4) is 6.07 Å². The molecule has 2 rings (SSSR count). The number of nitrogens with zero attached hydrogens (tertiary/aromatic N) is 1. The van der Waals surface area contributed by atoms with E-state index in [0.29, 0.717) is 18.8 Å². The van der Waals surface area contributed by atoms with Crippen LogP contribution < -0.4 is 0 Å². The summed E-state index contributed by atoms with van der Waals surface area (Å²) in [5.74, 6) is -3.80. The number of aliphatic hydroxyl groups is 1. The van der Waals surface area contributed by atoms with Crippen molar-refractivity contribution >= 4 is 0 Å². The number of aliphatic hydroxyl groups excluding tert-OH is 1. The Bertz CT molecular complexity index is 522. The second kappa shape index (κ2) is 5.45. The van der Waals surface area contributed by atoms with Gasteiger partial charge in [-0.15, -0.1) is 0 Å². The summed E-state index contributed by atoms with van der Waals surface area (Å²) in [5.41, 5.74) is -1.14. The third-order valence-electron chi connectivity index (χ3n) is 4.23. The molecule has 1 aliphatic carbocycles. The number of rotatable bonds is 2. The van der Waals surface area contributed by atoms with Crippen LogP contribution in [-0.2, 0) is 0 Å². The molecule has 1 aromatic rings. The van der Waals surface area contributed by atoms with Gasteiger partial charge in [0, 0.05) is 0 Å². The molecule has 1 fully saturated rings. The van der Waals surface area contributed by atoms with E-state index in [1.54, 1.807) is 0 Å². The number of hydrogen-bond donors (Lipinski definition) is 1. The first kappa shape index (κ1) is 14.9. The van der Waals surface area contributed by atoms with Gasteiger partial charge in [0.25, 0.3) is 0 Å². The molecule has 20 heavy (non-hydrogen) atoms. The van der Waals surface area contributed by atoms with Crippen molar-refractivity contribution in [2.45, 2.75) is 38.7 Å². The maximum atomic E-state index is 13.2. The SMILES string of the molecule is CC1CCC(C#N)(C(O)c2cc(F)c(F)c(F)c2)CC1. The summed E-state index contributed by atoms with van der Waals surface area (Å²) in [6.45, 7) is 2.06. The van der Waals surface area contributed by atoms with Crippen LogP contribution in [0.1, 0.15) is 44.3 Å². The van der Waals surface area contributed by atoms with Gasteiger partial charge >= 0.3 is 0 Å². The zero-order valence-electron chi connectivity index (χ0n) is 11.2. The molecule has 1 unspecified atom stereocenters. The van der Waals surface area contributed by atoms with Crippen LogP contribution in [0.15, 0.2) is 12.1 Å². The predicted octanol–water partition coefficient (Wildman–Crippen LogP) is 3.86. The molecular formula is C15H16F3NO. The lowest BCUT2D eigenvalue weighted by atomic mass is 9.67. The Morgan fingerprint density at radius 3 is 2.20 bits per heavy atom. The number of hydrogen-bond acceptors (Lipinski definition) is 2. The van der Waals surface area contributed by atoms with E-state index in [1.165, 1.54) is 0 Å². The van der Waals surface area contributed by atoms with Crippen molar-refractivity contribution in [2.24, 2.45) is 11.3 Å². The lowest BCUT2D eigenvalue weighted by Crippen LogP contribution is -2.32. The van der Waals surface area contributed by atoms with Crippen LogP contribution in [-0.4, -0.2) is 5.11 Å². The van der Waals surface area contributed by atoms with E-state index in [0.717, 1.165) is 25.0 Å². The largest absolute Gasteiger partial charge is 0.387 e. The molecule has 0 radical (unpaired) electrons. The zero-order chi connectivity index (χ0) is 14.9. The first-order valence-corrected chi connectivity index (χ1v) is 6.63. The van der Waals surface area contributed by atoms with E-state index in [1.807, 2.05) is 0 Å². The molecule has 0 aromatic heterocycles. The fourth-order valence-electron chi connectivity index (χ4n) is 2.78. The molecule has 1 aromatic carbocycles. The molecule has 1 aliphatic rings. The second-order valence-electron chi connectivity index (χ2n) is 5.65. The second-order valence-corrected chi connectivity index (χ2v) is 5.65. The average Bonchev–Trinajstić information content (AvgIpc) is 2.45. The highest BCUT2D eigenvalue weighted by Crippen LogP contribution is 2.47. The monoisotopic (exact) mass is 283 g/mol. The highest BCUT2D eigenvalue weighted by atomic mass is 19.2. The Balaban J connectivity index is 2.34. The van der Waals surface area contributed by atoms with Crippen molar-refractivity contribution in [3.63, 3.8) is 0 Å². The van der Waals surface area contributed by atoms with Gasteiger partial charge in [-0.05, 0) is 49.3 Å². The van der Waals surface area contributed by atoms with Gasteiger partial charge in [-0.3, -0.25) is 0 Å². The molecular weight excluding hydrogens is 267 g/mol. The summed E-state index contributed by atoms with van der Waals surface area (Å²) >= 11 is 0. The van der Waals surface area contributed by atoms with Gasteiger partial charge < -0.3 is 5.11 Å². The van der Waals surface area contributed by atoms with E-state index in [9.17, 15) is 23.5 Å². The minimum Gasteiger partial charge on any atom is -0.387 e. The average molecular weight is 283 g/mol. The summed E-state index contributed by atoms with van der Waals surface area (Å²) in [6.07, 6.45) is 1.16. The van der Waals surface area contributed by atoms with Crippen LogP contribution in [0.25, 0.3) is 0 Å². The highest BCUT2D eigenvalue weighted by molar-refractivity contribution is 5.26. The zero-order valence-corrected chi connectivity index (χ0v) is 11.2. The van der Waals surface area contributed by atoms with Gasteiger partial charge in [-0.2, -0.15) is 5.26 Å². The molecule has 0 amide bonds. The van der Waals surface area contributed by atoms with Crippen LogP contribution >= 0.6 is 0 Å². The topological polar surface area (TPSA) is 44.0 Å². The fraction of sp³-hybridized carbons (Fsp3) is 0.533.